The highest BCUT2D eigenvalue weighted by molar-refractivity contribution is 5.74. The van der Waals surface area contributed by atoms with Crippen LogP contribution in [-0.2, 0) is 17.8 Å². The molecule has 1 aliphatic carbocycles. The zero-order valence-corrected chi connectivity index (χ0v) is 7.90. The number of rotatable bonds is 2. The van der Waals surface area contributed by atoms with Crippen LogP contribution in [0.15, 0.2) is 0 Å². The molecule has 0 radical (unpaired) electrons. The minimum Gasteiger partial charge on any atom is -0.375 e. The molecule has 2 aliphatic rings. The number of nitrogens with zero attached hydrogens (tertiary/aromatic N) is 2. The number of aromatic nitrogens is 2. The maximum Gasteiger partial charge on any atom is 0.170 e. The summed E-state index contributed by atoms with van der Waals surface area (Å²) >= 11 is 0. The molecule has 74 valence electrons. The molecule has 0 aromatic carbocycles. The minimum atomic E-state index is 0.527. The first-order valence-corrected chi connectivity index (χ1v) is 5.03. The van der Waals surface area contributed by atoms with Gasteiger partial charge in [0.25, 0.3) is 0 Å². The molecule has 2 heterocycles. The Morgan fingerprint density at radius 1 is 1.50 bits per heavy atom. The zero-order chi connectivity index (χ0) is 9.54. The van der Waals surface area contributed by atoms with Crippen LogP contribution in [0.4, 0.5) is 0 Å². The molecule has 0 amide bonds. The lowest BCUT2D eigenvalue weighted by Crippen LogP contribution is -2.13. The molecule has 14 heavy (non-hydrogen) atoms. The first kappa shape index (κ1) is 8.17. The molecule has 0 N–H and O–H groups in total. The molecule has 0 unspecified atom stereocenters. The van der Waals surface area contributed by atoms with Gasteiger partial charge in [-0.05, 0) is 19.3 Å². The van der Waals surface area contributed by atoms with Crippen LogP contribution in [0, 0.1) is 0 Å². The molecule has 1 saturated carbocycles. The summed E-state index contributed by atoms with van der Waals surface area (Å²) in [6, 6.07) is 0.527. The number of carbonyl (C=O) groups is 1. The van der Waals surface area contributed by atoms with Gasteiger partial charge in [-0.25, -0.2) is 0 Å². The van der Waals surface area contributed by atoms with E-state index in [1.54, 1.807) is 0 Å². The zero-order valence-electron chi connectivity index (χ0n) is 7.90. The Bertz CT molecular complexity index is 380. The standard InChI is InChI=1S/C10H12N2O2/c13-5-9-8-3-4-14-6-10(8)12(11-9)7-1-2-7/h5,7H,1-4,6H2. The van der Waals surface area contributed by atoms with E-state index in [4.69, 9.17) is 4.74 Å². The lowest BCUT2D eigenvalue weighted by atomic mass is 10.1. The summed E-state index contributed by atoms with van der Waals surface area (Å²) in [4.78, 5) is 10.8. The molecule has 0 bridgehead atoms. The molecular weight excluding hydrogens is 180 g/mol. The number of hydrogen-bond acceptors (Lipinski definition) is 3. The van der Waals surface area contributed by atoms with Crippen LogP contribution in [0.25, 0.3) is 0 Å². The summed E-state index contributed by atoms with van der Waals surface area (Å²) < 4.78 is 7.39. The maximum absolute atomic E-state index is 10.8. The van der Waals surface area contributed by atoms with Crippen molar-refractivity contribution >= 4 is 6.29 Å². The third-order valence-corrected chi connectivity index (χ3v) is 2.89. The van der Waals surface area contributed by atoms with Gasteiger partial charge in [0.05, 0.1) is 24.9 Å². The first-order valence-electron chi connectivity index (χ1n) is 5.03. The van der Waals surface area contributed by atoms with Crippen molar-refractivity contribution in [3.8, 4) is 0 Å². The quantitative estimate of drug-likeness (QED) is 0.659. The summed E-state index contributed by atoms with van der Waals surface area (Å²) in [6.45, 7) is 1.33. The van der Waals surface area contributed by atoms with Crippen molar-refractivity contribution in [3.05, 3.63) is 17.0 Å². The normalized spacial score (nSPS) is 20.6. The van der Waals surface area contributed by atoms with E-state index in [-0.39, 0.29) is 0 Å². The van der Waals surface area contributed by atoms with E-state index in [9.17, 15) is 4.79 Å². The highest BCUT2D eigenvalue weighted by Gasteiger charge is 2.30. The van der Waals surface area contributed by atoms with E-state index in [0.717, 1.165) is 24.0 Å². The summed E-state index contributed by atoms with van der Waals surface area (Å²) in [5.74, 6) is 0. The van der Waals surface area contributed by atoms with Crippen LogP contribution in [0.2, 0.25) is 0 Å². The van der Waals surface area contributed by atoms with Crippen LogP contribution in [0.3, 0.4) is 0 Å². The molecule has 0 atom stereocenters. The average Bonchev–Trinajstić information content (AvgIpc) is 3.00. The van der Waals surface area contributed by atoms with Crippen molar-refractivity contribution < 1.29 is 9.53 Å². The minimum absolute atomic E-state index is 0.527. The van der Waals surface area contributed by atoms with Crippen molar-refractivity contribution in [2.75, 3.05) is 6.61 Å². The Labute approximate surface area is 81.9 Å². The molecule has 3 rings (SSSR count). The van der Waals surface area contributed by atoms with Crippen molar-refractivity contribution in [1.29, 1.82) is 0 Å². The fraction of sp³-hybridized carbons (Fsp3) is 0.600. The number of carbonyl (C=O) groups excluding carboxylic acids is 1. The van der Waals surface area contributed by atoms with Crippen molar-refractivity contribution in [2.24, 2.45) is 0 Å². The van der Waals surface area contributed by atoms with Crippen LogP contribution in [0.5, 0.6) is 0 Å². The lowest BCUT2D eigenvalue weighted by molar-refractivity contribution is 0.104. The summed E-state index contributed by atoms with van der Waals surface area (Å²) in [7, 11) is 0. The smallest absolute Gasteiger partial charge is 0.170 e. The monoisotopic (exact) mass is 192 g/mol. The lowest BCUT2D eigenvalue weighted by Gasteiger charge is -2.14. The second kappa shape index (κ2) is 2.92. The Hall–Kier alpha value is -1.16. The highest BCUT2D eigenvalue weighted by atomic mass is 16.5. The summed E-state index contributed by atoms with van der Waals surface area (Å²) in [6.07, 6.45) is 4.07. The predicted molar refractivity (Wildman–Crippen MR) is 49.2 cm³/mol. The third-order valence-electron chi connectivity index (χ3n) is 2.89. The maximum atomic E-state index is 10.8. The van der Waals surface area contributed by atoms with Gasteiger partial charge in [-0.15, -0.1) is 0 Å². The SMILES string of the molecule is O=Cc1nn(C2CC2)c2c1CCOC2. The van der Waals surface area contributed by atoms with Crippen LogP contribution in [-0.4, -0.2) is 22.7 Å². The van der Waals surface area contributed by atoms with Gasteiger partial charge in [-0.2, -0.15) is 5.10 Å². The van der Waals surface area contributed by atoms with Crippen LogP contribution >= 0.6 is 0 Å². The average molecular weight is 192 g/mol. The van der Waals surface area contributed by atoms with Gasteiger partial charge in [0.15, 0.2) is 6.29 Å². The van der Waals surface area contributed by atoms with Crippen molar-refractivity contribution in [2.45, 2.75) is 31.9 Å². The number of fused-ring (bicyclic) bond motifs is 1. The molecule has 0 spiro atoms. The Morgan fingerprint density at radius 2 is 2.36 bits per heavy atom. The highest BCUT2D eigenvalue weighted by Crippen LogP contribution is 2.37. The van der Waals surface area contributed by atoms with Crippen LogP contribution < -0.4 is 0 Å². The summed E-state index contributed by atoms with van der Waals surface area (Å²) in [5.41, 5.74) is 2.86. The Balaban J connectivity index is 2.11. The van der Waals surface area contributed by atoms with Crippen molar-refractivity contribution in [1.82, 2.24) is 9.78 Å². The number of aldehydes is 1. The second-order valence-corrected chi connectivity index (χ2v) is 3.91. The summed E-state index contributed by atoms with van der Waals surface area (Å²) in [5, 5.41) is 4.34. The van der Waals surface area contributed by atoms with Crippen LogP contribution in [0.1, 0.15) is 40.6 Å². The molecule has 1 fully saturated rings. The van der Waals surface area contributed by atoms with Gasteiger partial charge in [-0.1, -0.05) is 0 Å². The largest absolute Gasteiger partial charge is 0.375 e. The topological polar surface area (TPSA) is 44.1 Å². The molecule has 1 aliphatic heterocycles. The Morgan fingerprint density at radius 3 is 3.07 bits per heavy atom. The molecule has 4 nitrogen and oxygen atoms in total. The van der Waals surface area contributed by atoms with E-state index in [1.807, 2.05) is 4.68 Å². The van der Waals surface area contributed by atoms with E-state index in [1.165, 1.54) is 12.8 Å². The van der Waals surface area contributed by atoms with Gasteiger partial charge < -0.3 is 4.74 Å². The third kappa shape index (κ3) is 1.10. The van der Waals surface area contributed by atoms with Crippen molar-refractivity contribution in [3.63, 3.8) is 0 Å². The van der Waals surface area contributed by atoms with E-state index in [2.05, 4.69) is 5.10 Å². The van der Waals surface area contributed by atoms with Gasteiger partial charge >= 0.3 is 0 Å². The molecule has 0 saturated heterocycles. The van der Waals surface area contributed by atoms with Gasteiger partial charge in [0, 0.05) is 5.56 Å². The van der Waals surface area contributed by atoms with Gasteiger partial charge in [0.1, 0.15) is 5.69 Å². The van der Waals surface area contributed by atoms with E-state index < -0.39 is 0 Å². The Kier molecular flexibility index (Phi) is 1.70. The second-order valence-electron chi connectivity index (χ2n) is 3.91. The molecular formula is C10H12N2O2. The first-order chi connectivity index (χ1) is 6.90. The van der Waals surface area contributed by atoms with E-state index in [0.29, 0.717) is 24.9 Å². The fourth-order valence-corrected chi connectivity index (χ4v) is 2.01. The number of ether oxygens (including phenoxy) is 1. The van der Waals surface area contributed by atoms with Gasteiger partial charge in [-0.3, -0.25) is 9.48 Å². The van der Waals surface area contributed by atoms with E-state index >= 15 is 0 Å². The predicted octanol–water partition coefficient (Wildman–Crippen LogP) is 1.10. The molecule has 1 aromatic heterocycles. The molecule has 4 heteroatoms. The molecule has 1 aromatic rings. The fourth-order valence-electron chi connectivity index (χ4n) is 2.01. The number of hydrogen-bond donors (Lipinski definition) is 0. The van der Waals surface area contributed by atoms with Gasteiger partial charge in [0.2, 0.25) is 0 Å².